The number of urea groups is 1. The minimum Gasteiger partial charge on any atom is -0.336 e. The van der Waals surface area contributed by atoms with Gasteiger partial charge < -0.3 is 10.6 Å². The third-order valence-corrected chi connectivity index (χ3v) is 4.25. The lowest BCUT2D eigenvalue weighted by Crippen LogP contribution is -2.48. The Labute approximate surface area is 130 Å². The maximum absolute atomic E-state index is 13.9. The smallest absolute Gasteiger partial charge is 0.336 e. The molecule has 3 rings (SSSR count). The summed E-state index contributed by atoms with van der Waals surface area (Å²) in [6, 6.07) is 3.47. The van der Waals surface area contributed by atoms with Gasteiger partial charge in [0.25, 0.3) is 0 Å². The van der Waals surface area contributed by atoms with Gasteiger partial charge in [-0.1, -0.05) is 23.8 Å². The minimum atomic E-state index is -4.56. The zero-order valence-electron chi connectivity index (χ0n) is 11.5. The fraction of sp³-hybridized carbons (Fsp3) is 0.400. The van der Waals surface area contributed by atoms with Crippen LogP contribution in [-0.4, -0.2) is 18.8 Å². The van der Waals surface area contributed by atoms with E-state index < -0.39 is 24.2 Å². The normalized spacial score (nSPS) is 25.4. The number of carbonyl (C=O) groups is 1. The van der Waals surface area contributed by atoms with Crippen LogP contribution >= 0.6 is 11.6 Å². The molecule has 1 atom stereocenters. The number of nitrogens with one attached hydrogen (secondary N) is 2. The van der Waals surface area contributed by atoms with E-state index in [0.29, 0.717) is 0 Å². The maximum atomic E-state index is 13.9. The molecule has 1 aliphatic heterocycles. The number of hydrogen-bond donors (Lipinski definition) is 2. The van der Waals surface area contributed by atoms with Crippen molar-refractivity contribution >= 4 is 23.3 Å². The second kappa shape index (κ2) is 5.19. The summed E-state index contributed by atoms with van der Waals surface area (Å²) in [4.78, 5) is 11.6. The first-order valence-corrected chi connectivity index (χ1v) is 7.30. The molecule has 2 amide bonds. The first-order chi connectivity index (χ1) is 10.3. The molecule has 1 saturated carbocycles. The Bertz CT molecular complexity index is 640. The Kier molecular flexibility index (Phi) is 3.59. The predicted molar refractivity (Wildman–Crippen MR) is 78.1 cm³/mol. The molecule has 1 aromatic carbocycles. The molecule has 118 valence electrons. The molecule has 0 radical (unpaired) electrons. The molecule has 0 aromatic heterocycles. The summed E-state index contributed by atoms with van der Waals surface area (Å²) in [6.45, 7) is -0.557. The monoisotopic (exact) mass is 330 g/mol. The highest BCUT2D eigenvalue weighted by atomic mass is 35.5. The Morgan fingerprint density at radius 3 is 2.68 bits per heavy atom. The number of fused-ring (bicyclic) bond motifs is 1. The van der Waals surface area contributed by atoms with Crippen molar-refractivity contribution < 1.29 is 18.0 Å². The molecule has 3 nitrogen and oxygen atoms in total. The van der Waals surface area contributed by atoms with Gasteiger partial charge in [0.05, 0.1) is 0 Å². The lowest BCUT2D eigenvalue weighted by Gasteiger charge is -2.33. The van der Waals surface area contributed by atoms with Crippen LogP contribution in [0.15, 0.2) is 30.4 Å². The molecule has 2 N–H and O–H groups in total. The standard InChI is InChI=1S/C15H14ClF3N2O/c16-10-3-4-12-11(7-10)14(15(17,18)19,6-5-9-1-2-9)8-20-13(22)21-12/h3-7,9H,1-2,8H2,(H2,20,21,22)/b6-5+. The fourth-order valence-corrected chi connectivity index (χ4v) is 2.73. The highest BCUT2D eigenvalue weighted by molar-refractivity contribution is 6.30. The first-order valence-electron chi connectivity index (χ1n) is 6.93. The van der Waals surface area contributed by atoms with E-state index >= 15 is 0 Å². The highest BCUT2D eigenvalue weighted by Gasteiger charge is 2.56. The first kappa shape index (κ1) is 15.2. The largest absolute Gasteiger partial charge is 0.403 e. The third-order valence-electron chi connectivity index (χ3n) is 4.02. The maximum Gasteiger partial charge on any atom is 0.403 e. The fourth-order valence-electron chi connectivity index (χ4n) is 2.56. The third kappa shape index (κ3) is 2.67. The van der Waals surface area contributed by atoms with Gasteiger partial charge in [0.15, 0.2) is 0 Å². The lowest BCUT2D eigenvalue weighted by atomic mass is 9.78. The van der Waals surface area contributed by atoms with Crippen LogP contribution in [-0.2, 0) is 5.41 Å². The number of halogens is 4. The number of rotatable bonds is 2. The average molecular weight is 331 g/mol. The molecule has 1 fully saturated rings. The summed E-state index contributed by atoms with van der Waals surface area (Å²) in [5, 5.41) is 4.92. The second-order valence-electron chi connectivity index (χ2n) is 5.66. The average Bonchev–Trinajstić information content (AvgIpc) is 3.24. The van der Waals surface area contributed by atoms with Crippen molar-refractivity contribution in [3.63, 3.8) is 0 Å². The van der Waals surface area contributed by atoms with Crippen LogP contribution in [0, 0.1) is 5.92 Å². The van der Waals surface area contributed by atoms with Crippen LogP contribution in [0.3, 0.4) is 0 Å². The molecule has 1 aromatic rings. The molecular formula is C15H14ClF3N2O. The van der Waals surface area contributed by atoms with Gasteiger partial charge >= 0.3 is 12.2 Å². The number of allylic oxidation sites excluding steroid dienone is 1. The second-order valence-corrected chi connectivity index (χ2v) is 6.10. The van der Waals surface area contributed by atoms with Crippen LogP contribution in [0.25, 0.3) is 0 Å². The molecule has 2 aliphatic rings. The lowest BCUT2D eigenvalue weighted by molar-refractivity contribution is -0.174. The van der Waals surface area contributed by atoms with Crippen LogP contribution < -0.4 is 10.6 Å². The van der Waals surface area contributed by atoms with E-state index in [4.69, 9.17) is 11.6 Å². The van der Waals surface area contributed by atoms with E-state index in [1.165, 1.54) is 24.3 Å². The molecule has 0 spiro atoms. The van der Waals surface area contributed by atoms with Crippen LogP contribution in [0.2, 0.25) is 5.02 Å². The highest BCUT2D eigenvalue weighted by Crippen LogP contribution is 2.47. The van der Waals surface area contributed by atoms with E-state index in [1.54, 1.807) is 6.08 Å². The van der Waals surface area contributed by atoms with Crippen LogP contribution in [0.1, 0.15) is 18.4 Å². The van der Waals surface area contributed by atoms with Crippen LogP contribution in [0.5, 0.6) is 0 Å². The van der Waals surface area contributed by atoms with Crippen molar-refractivity contribution in [1.82, 2.24) is 5.32 Å². The number of alkyl halides is 3. The van der Waals surface area contributed by atoms with E-state index in [9.17, 15) is 18.0 Å². The van der Waals surface area contributed by atoms with E-state index in [0.717, 1.165) is 12.8 Å². The Morgan fingerprint density at radius 1 is 1.32 bits per heavy atom. The quantitative estimate of drug-likeness (QED) is 0.782. The van der Waals surface area contributed by atoms with Gasteiger partial charge in [-0.2, -0.15) is 13.2 Å². The summed E-state index contributed by atoms with van der Waals surface area (Å²) in [5.74, 6) is 0.189. The van der Waals surface area contributed by atoms with Gasteiger partial charge in [-0.3, -0.25) is 0 Å². The Hall–Kier alpha value is -1.69. The van der Waals surface area contributed by atoms with Gasteiger partial charge in [-0.15, -0.1) is 0 Å². The molecule has 1 aliphatic carbocycles. The van der Waals surface area contributed by atoms with E-state index in [1.807, 2.05) is 0 Å². The van der Waals surface area contributed by atoms with Crippen molar-refractivity contribution in [1.29, 1.82) is 0 Å². The van der Waals surface area contributed by atoms with Gasteiger partial charge in [0, 0.05) is 17.3 Å². The number of benzene rings is 1. The molecule has 1 unspecified atom stereocenters. The van der Waals surface area contributed by atoms with Gasteiger partial charge in [0.2, 0.25) is 0 Å². The van der Waals surface area contributed by atoms with E-state index in [-0.39, 0.29) is 22.2 Å². The SMILES string of the molecule is O=C1NCC(/C=C/C2CC2)(C(F)(F)F)c2cc(Cl)ccc2N1. The predicted octanol–water partition coefficient (Wildman–Crippen LogP) is 4.24. The summed E-state index contributed by atoms with van der Waals surface area (Å²) in [7, 11) is 0. The molecule has 1 heterocycles. The number of hydrogen-bond acceptors (Lipinski definition) is 1. The molecule has 0 saturated heterocycles. The summed E-state index contributed by atoms with van der Waals surface area (Å²) < 4.78 is 41.7. The number of carbonyl (C=O) groups excluding carboxylic acids is 1. The zero-order chi connectivity index (χ0) is 16.0. The molecule has 7 heteroatoms. The topological polar surface area (TPSA) is 41.1 Å². The summed E-state index contributed by atoms with van der Waals surface area (Å²) >= 11 is 5.89. The Morgan fingerprint density at radius 2 is 2.05 bits per heavy atom. The zero-order valence-corrected chi connectivity index (χ0v) is 12.3. The molecule has 22 heavy (non-hydrogen) atoms. The van der Waals surface area contributed by atoms with Crippen molar-refractivity contribution in [3.05, 3.63) is 40.9 Å². The van der Waals surface area contributed by atoms with Gasteiger partial charge in [-0.25, -0.2) is 4.79 Å². The van der Waals surface area contributed by atoms with Crippen molar-refractivity contribution in [2.75, 3.05) is 11.9 Å². The minimum absolute atomic E-state index is 0.0391. The van der Waals surface area contributed by atoms with E-state index in [2.05, 4.69) is 10.6 Å². The van der Waals surface area contributed by atoms with Crippen LogP contribution in [0.4, 0.5) is 23.7 Å². The number of anilines is 1. The van der Waals surface area contributed by atoms with Crippen molar-refractivity contribution in [2.45, 2.75) is 24.4 Å². The molecular weight excluding hydrogens is 317 g/mol. The van der Waals surface area contributed by atoms with Crippen molar-refractivity contribution in [3.8, 4) is 0 Å². The van der Waals surface area contributed by atoms with Crippen molar-refractivity contribution in [2.24, 2.45) is 5.92 Å². The van der Waals surface area contributed by atoms with Gasteiger partial charge in [0.1, 0.15) is 5.41 Å². The number of amides is 2. The molecule has 0 bridgehead atoms. The Balaban J connectivity index is 2.19. The summed E-state index contributed by atoms with van der Waals surface area (Å²) in [6.07, 6.45) is 0.00871. The summed E-state index contributed by atoms with van der Waals surface area (Å²) in [5.41, 5.74) is -2.20. The van der Waals surface area contributed by atoms with Gasteiger partial charge in [-0.05, 0) is 42.5 Å².